The summed E-state index contributed by atoms with van der Waals surface area (Å²) >= 11 is 0. The Morgan fingerprint density at radius 2 is 1.90 bits per heavy atom. The summed E-state index contributed by atoms with van der Waals surface area (Å²) in [6, 6.07) is 13.0. The van der Waals surface area contributed by atoms with Crippen LogP contribution in [0.15, 0.2) is 48.5 Å². The van der Waals surface area contributed by atoms with Gasteiger partial charge in [-0.15, -0.1) is 0 Å². The van der Waals surface area contributed by atoms with E-state index in [1.54, 1.807) is 0 Å². The van der Waals surface area contributed by atoms with E-state index in [1.165, 1.54) is 19.2 Å². The molecule has 0 aliphatic heterocycles. The number of rotatable bonds is 10. The highest BCUT2D eigenvalue weighted by Crippen LogP contribution is 2.33. The van der Waals surface area contributed by atoms with Crippen LogP contribution in [0.2, 0.25) is 0 Å². The number of hydrogen-bond acceptors (Lipinski definition) is 6. The first-order chi connectivity index (χ1) is 14.1. The molecule has 1 amide bonds. The standard InChI is InChI=1S/C20H25N3O6S/c1-15(16-8-5-4-6-9-16)21-20(24)10-7-13-22(30(3,27)28)18-14-17(23(25)26)11-12-19(18)29-2/h4-6,8-9,11-12,14-15H,7,10,13H2,1-3H3,(H,21,24). The molecular formula is C20H25N3O6S. The first kappa shape index (κ1) is 23.1. The van der Waals surface area contributed by atoms with Crippen LogP contribution >= 0.6 is 0 Å². The quantitative estimate of drug-likeness (QED) is 0.453. The van der Waals surface area contributed by atoms with Gasteiger partial charge in [0.15, 0.2) is 0 Å². The molecule has 9 nitrogen and oxygen atoms in total. The van der Waals surface area contributed by atoms with Crippen molar-refractivity contribution in [1.82, 2.24) is 5.32 Å². The molecule has 0 aliphatic rings. The van der Waals surface area contributed by atoms with E-state index in [9.17, 15) is 23.3 Å². The highest BCUT2D eigenvalue weighted by molar-refractivity contribution is 7.92. The van der Waals surface area contributed by atoms with Crippen molar-refractivity contribution in [2.45, 2.75) is 25.8 Å². The summed E-state index contributed by atoms with van der Waals surface area (Å²) in [5.41, 5.74) is 0.770. The number of benzene rings is 2. The number of methoxy groups -OCH3 is 1. The summed E-state index contributed by atoms with van der Waals surface area (Å²) in [7, 11) is -2.41. The van der Waals surface area contributed by atoms with Crippen LogP contribution < -0.4 is 14.4 Å². The van der Waals surface area contributed by atoms with Gasteiger partial charge >= 0.3 is 0 Å². The maximum Gasteiger partial charge on any atom is 0.271 e. The molecule has 162 valence electrons. The number of nitro groups is 1. The largest absolute Gasteiger partial charge is 0.495 e. The van der Waals surface area contributed by atoms with Crippen molar-refractivity contribution in [2.75, 3.05) is 24.2 Å². The summed E-state index contributed by atoms with van der Waals surface area (Å²) in [4.78, 5) is 22.8. The van der Waals surface area contributed by atoms with Crippen LogP contribution in [0.1, 0.15) is 31.4 Å². The van der Waals surface area contributed by atoms with Crippen molar-refractivity contribution >= 4 is 27.3 Å². The molecule has 2 aromatic rings. The maximum atomic E-state index is 12.3. The zero-order chi connectivity index (χ0) is 22.3. The fraction of sp³-hybridized carbons (Fsp3) is 0.350. The molecule has 0 heterocycles. The van der Waals surface area contributed by atoms with Gasteiger partial charge in [-0.3, -0.25) is 19.2 Å². The summed E-state index contributed by atoms with van der Waals surface area (Å²) in [5, 5.41) is 14.0. The molecule has 1 atom stereocenters. The lowest BCUT2D eigenvalue weighted by Crippen LogP contribution is -2.33. The number of non-ortho nitro benzene ring substituents is 1. The molecule has 1 unspecified atom stereocenters. The van der Waals surface area contributed by atoms with Gasteiger partial charge in [0.25, 0.3) is 5.69 Å². The van der Waals surface area contributed by atoms with Gasteiger partial charge in [-0.2, -0.15) is 0 Å². The van der Waals surface area contributed by atoms with E-state index in [4.69, 9.17) is 4.74 Å². The lowest BCUT2D eigenvalue weighted by atomic mass is 10.1. The van der Waals surface area contributed by atoms with Crippen molar-refractivity contribution in [3.63, 3.8) is 0 Å². The minimum absolute atomic E-state index is 0.0243. The second-order valence-corrected chi connectivity index (χ2v) is 8.66. The first-order valence-electron chi connectivity index (χ1n) is 9.28. The fourth-order valence-corrected chi connectivity index (χ4v) is 3.93. The summed E-state index contributed by atoms with van der Waals surface area (Å²) in [5.74, 6) is -0.0287. The lowest BCUT2D eigenvalue weighted by Gasteiger charge is -2.24. The minimum atomic E-state index is -3.76. The van der Waals surface area contributed by atoms with Gasteiger partial charge in [-0.1, -0.05) is 30.3 Å². The van der Waals surface area contributed by atoms with Crippen LogP contribution in [0.5, 0.6) is 5.75 Å². The second kappa shape index (κ2) is 10.1. The Morgan fingerprint density at radius 3 is 2.47 bits per heavy atom. The van der Waals surface area contributed by atoms with Crippen molar-refractivity contribution < 1.29 is 22.9 Å². The van der Waals surface area contributed by atoms with Crippen LogP contribution in [0, 0.1) is 10.1 Å². The smallest absolute Gasteiger partial charge is 0.271 e. The average molecular weight is 436 g/mol. The SMILES string of the molecule is COc1ccc([N+](=O)[O-])cc1N(CCCC(=O)NC(C)c1ccccc1)S(C)(=O)=O. The molecule has 0 fully saturated rings. The van der Waals surface area contributed by atoms with Crippen LogP contribution in [-0.4, -0.2) is 39.2 Å². The van der Waals surface area contributed by atoms with Gasteiger partial charge in [0.05, 0.1) is 24.3 Å². The summed E-state index contributed by atoms with van der Waals surface area (Å²) < 4.78 is 30.8. The predicted octanol–water partition coefficient (Wildman–Crippen LogP) is 3.03. The fourth-order valence-electron chi connectivity index (χ4n) is 2.97. The van der Waals surface area contributed by atoms with Crippen LogP contribution in [-0.2, 0) is 14.8 Å². The molecular weight excluding hydrogens is 410 g/mol. The van der Waals surface area contributed by atoms with Crippen LogP contribution in [0.3, 0.4) is 0 Å². The summed E-state index contributed by atoms with van der Waals surface area (Å²) in [6.07, 6.45) is 1.33. The molecule has 1 N–H and O–H groups in total. The van der Waals surface area contributed by atoms with Gasteiger partial charge in [-0.05, 0) is 25.0 Å². The van der Waals surface area contributed by atoms with Gasteiger partial charge in [0, 0.05) is 25.1 Å². The Kier molecular flexibility index (Phi) is 7.76. The third-order valence-electron chi connectivity index (χ3n) is 4.48. The van der Waals surface area contributed by atoms with Crippen molar-refractivity contribution in [1.29, 1.82) is 0 Å². The molecule has 0 spiro atoms. The number of carbonyl (C=O) groups is 1. The van der Waals surface area contributed by atoms with Gasteiger partial charge < -0.3 is 10.1 Å². The number of anilines is 1. The van der Waals surface area contributed by atoms with Gasteiger partial charge in [-0.25, -0.2) is 8.42 Å². The predicted molar refractivity (Wildman–Crippen MR) is 114 cm³/mol. The Morgan fingerprint density at radius 1 is 1.23 bits per heavy atom. The molecule has 0 aromatic heterocycles. The topological polar surface area (TPSA) is 119 Å². The number of hydrogen-bond donors (Lipinski definition) is 1. The number of nitrogens with one attached hydrogen (secondary N) is 1. The van der Waals surface area contributed by atoms with Gasteiger partial charge in [0.1, 0.15) is 11.4 Å². The zero-order valence-corrected chi connectivity index (χ0v) is 17.9. The Labute approximate surface area is 175 Å². The zero-order valence-electron chi connectivity index (χ0n) is 17.1. The minimum Gasteiger partial charge on any atom is -0.495 e. The molecule has 2 rings (SSSR count). The third-order valence-corrected chi connectivity index (χ3v) is 5.66. The molecule has 0 radical (unpaired) electrons. The second-order valence-electron chi connectivity index (χ2n) is 6.75. The molecule has 0 saturated carbocycles. The molecule has 0 bridgehead atoms. The number of ether oxygens (including phenoxy) is 1. The highest BCUT2D eigenvalue weighted by atomic mass is 32.2. The Hall–Kier alpha value is -3.14. The summed E-state index contributed by atoms with van der Waals surface area (Å²) in [6.45, 7) is 1.84. The van der Waals surface area contributed by atoms with E-state index in [0.717, 1.165) is 22.2 Å². The average Bonchev–Trinajstić information content (AvgIpc) is 2.70. The van der Waals surface area contributed by atoms with E-state index in [0.29, 0.717) is 0 Å². The lowest BCUT2D eigenvalue weighted by molar-refractivity contribution is -0.384. The molecule has 2 aromatic carbocycles. The number of carbonyl (C=O) groups excluding carboxylic acids is 1. The Bertz CT molecular complexity index is 995. The van der Waals surface area contributed by atoms with E-state index in [2.05, 4.69) is 5.32 Å². The van der Waals surface area contributed by atoms with Crippen LogP contribution in [0.4, 0.5) is 11.4 Å². The molecule has 30 heavy (non-hydrogen) atoms. The Balaban J connectivity index is 2.09. The van der Waals surface area contributed by atoms with Crippen molar-refractivity contribution in [3.05, 3.63) is 64.2 Å². The number of nitro benzene ring substituents is 1. The van der Waals surface area contributed by atoms with Gasteiger partial charge in [0.2, 0.25) is 15.9 Å². The number of nitrogens with zero attached hydrogens (tertiary/aromatic N) is 2. The number of sulfonamides is 1. The van der Waals surface area contributed by atoms with E-state index in [1.807, 2.05) is 37.3 Å². The maximum absolute atomic E-state index is 12.3. The molecule has 0 saturated heterocycles. The van der Waals surface area contributed by atoms with E-state index in [-0.39, 0.29) is 48.5 Å². The van der Waals surface area contributed by atoms with E-state index < -0.39 is 14.9 Å². The normalized spacial score (nSPS) is 12.1. The first-order valence-corrected chi connectivity index (χ1v) is 11.1. The highest BCUT2D eigenvalue weighted by Gasteiger charge is 2.24. The molecule has 0 aliphatic carbocycles. The van der Waals surface area contributed by atoms with Crippen molar-refractivity contribution in [3.8, 4) is 5.75 Å². The van der Waals surface area contributed by atoms with Crippen LogP contribution in [0.25, 0.3) is 0 Å². The monoisotopic (exact) mass is 435 g/mol. The number of amides is 1. The van der Waals surface area contributed by atoms with Crippen molar-refractivity contribution in [2.24, 2.45) is 0 Å². The molecule has 10 heteroatoms. The van der Waals surface area contributed by atoms with E-state index >= 15 is 0 Å². The third kappa shape index (κ3) is 6.18.